The van der Waals surface area contributed by atoms with E-state index in [0.29, 0.717) is 56.3 Å². The van der Waals surface area contributed by atoms with Crippen molar-refractivity contribution in [3.05, 3.63) is 18.2 Å². The average Bonchev–Trinajstić information content (AvgIpc) is 3.07. The molecular weight excluding hydrogens is 364 g/mol. The van der Waals surface area contributed by atoms with Crippen LogP contribution in [-0.2, 0) is 9.59 Å². The lowest BCUT2D eigenvalue weighted by molar-refractivity contribution is -0.143. The van der Waals surface area contributed by atoms with Gasteiger partial charge in [0.15, 0.2) is 11.5 Å². The van der Waals surface area contributed by atoms with Gasteiger partial charge >= 0.3 is 5.97 Å². The molecule has 0 unspecified atom stereocenters. The van der Waals surface area contributed by atoms with Crippen LogP contribution in [0.3, 0.4) is 0 Å². The van der Waals surface area contributed by atoms with Crippen molar-refractivity contribution in [2.24, 2.45) is 5.92 Å². The van der Waals surface area contributed by atoms with Gasteiger partial charge in [-0.1, -0.05) is 0 Å². The van der Waals surface area contributed by atoms with E-state index < -0.39 is 5.97 Å². The minimum atomic E-state index is -0.746. The van der Waals surface area contributed by atoms with E-state index in [1.165, 1.54) is 0 Å². The number of carboxylic acid groups (broad SMARTS) is 1. The number of carboxylic acids is 1. The first kappa shape index (κ1) is 20.1. The number of fused-ring (bicyclic) bond motifs is 1. The zero-order valence-corrected chi connectivity index (χ0v) is 15.1. The first-order valence-corrected chi connectivity index (χ1v) is 8.36. The van der Waals surface area contributed by atoms with Crippen LogP contribution in [0.5, 0.6) is 17.2 Å². The van der Waals surface area contributed by atoms with Crippen LogP contribution >= 0.6 is 12.4 Å². The highest BCUT2D eigenvalue weighted by molar-refractivity contribution is 5.85. The van der Waals surface area contributed by atoms with E-state index in [4.69, 9.17) is 19.3 Å². The van der Waals surface area contributed by atoms with Crippen molar-refractivity contribution in [2.45, 2.75) is 12.8 Å². The minimum absolute atomic E-state index is 0. The Morgan fingerprint density at radius 3 is 2.69 bits per heavy atom. The Morgan fingerprint density at radius 1 is 1.23 bits per heavy atom. The summed E-state index contributed by atoms with van der Waals surface area (Å²) in [5, 5.41) is 11.8. The fraction of sp³-hybridized carbons (Fsp3) is 0.529. The number of hydrogen-bond donors (Lipinski definition) is 2. The molecule has 2 heterocycles. The second-order valence-corrected chi connectivity index (χ2v) is 6.10. The van der Waals surface area contributed by atoms with Gasteiger partial charge in [0, 0.05) is 6.07 Å². The van der Waals surface area contributed by atoms with Gasteiger partial charge in [-0.25, -0.2) is 0 Å². The molecule has 2 N–H and O–H groups in total. The summed E-state index contributed by atoms with van der Waals surface area (Å²) in [6.07, 6.45) is 1.19. The van der Waals surface area contributed by atoms with E-state index in [9.17, 15) is 9.59 Å². The summed E-state index contributed by atoms with van der Waals surface area (Å²) >= 11 is 0. The molecule has 3 rings (SSSR count). The van der Waals surface area contributed by atoms with E-state index in [0.717, 1.165) is 0 Å². The number of carbonyl (C=O) groups excluding carboxylic acids is 1. The van der Waals surface area contributed by atoms with Crippen LogP contribution in [0.4, 0.5) is 0 Å². The smallest absolute Gasteiger partial charge is 0.306 e. The van der Waals surface area contributed by atoms with Crippen molar-refractivity contribution in [1.29, 1.82) is 0 Å². The normalized spacial score (nSPS) is 16.6. The predicted octanol–water partition coefficient (Wildman–Crippen LogP) is 1.13. The number of hydrogen-bond acceptors (Lipinski definition) is 6. The van der Waals surface area contributed by atoms with Crippen LogP contribution < -0.4 is 19.5 Å². The van der Waals surface area contributed by atoms with Gasteiger partial charge in [0.05, 0.1) is 19.0 Å². The Bertz CT molecular complexity index is 634. The van der Waals surface area contributed by atoms with Crippen LogP contribution in [-0.4, -0.2) is 61.5 Å². The van der Waals surface area contributed by atoms with Crippen molar-refractivity contribution in [3.63, 3.8) is 0 Å². The number of carbonyl (C=O) groups is 2. The summed E-state index contributed by atoms with van der Waals surface area (Å²) in [6.45, 7) is 2.54. The Kier molecular flexibility index (Phi) is 7.35. The van der Waals surface area contributed by atoms with Crippen LogP contribution in [0.25, 0.3) is 0 Å². The minimum Gasteiger partial charge on any atom is -0.492 e. The maximum Gasteiger partial charge on any atom is 0.306 e. The lowest BCUT2D eigenvalue weighted by Gasteiger charge is -2.29. The first-order valence-electron chi connectivity index (χ1n) is 8.36. The van der Waals surface area contributed by atoms with E-state index in [1.807, 2.05) is 4.90 Å². The number of benzene rings is 1. The molecule has 1 fully saturated rings. The maximum atomic E-state index is 11.9. The number of ether oxygens (including phenoxy) is 3. The molecule has 144 valence electrons. The Labute approximate surface area is 157 Å². The quantitative estimate of drug-likeness (QED) is 0.678. The molecule has 1 aromatic rings. The van der Waals surface area contributed by atoms with Gasteiger partial charge in [0.25, 0.3) is 0 Å². The highest BCUT2D eigenvalue weighted by Crippen LogP contribution is 2.34. The largest absolute Gasteiger partial charge is 0.492 e. The highest BCUT2D eigenvalue weighted by Gasteiger charge is 2.25. The van der Waals surface area contributed by atoms with Crippen molar-refractivity contribution < 1.29 is 28.9 Å². The number of aliphatic carboxylic acids is 1. The van der Waals surface area contributed by atoms with E-state index in [-0.39, 0.29) is 37.6 Å². The van der Waals surface area contributed by atoms with Gasteiger partial charge in [-0.05, 0) is 38.1 Å². The zero-order valence-electron chi connectivity index (χ0n) is 14.3. The topological polar surface area (TPSA) is 97.3 Å². The maximum absolute atomic E-state index is 11.9. The van der Waals surface area contributed by atoms with E-state index in [1.54, 1.807) is 18.2 Å². The number of nitrogens with zero attached hydrogens (tertiary/aromatic N) is 1. The van der Waals surface area contributed by atoms with E-state index >= 15 is 0 Å². The van der Waals surface area contributed by atoms with Gasteiger partial charge in [-0.15, -0.1) is 12.4 Å². The van der Waals surface area contributed by atoms with Crippen molar-refractivity contribution >= 4 is 24.3 Å². The summed E-state index contributed by atoms with van der Waals surface area (Å²) in [4.78, 5) is 24.8. The standard InChI is InChI=1S/C17H22N2O6.ClH/c20-16(10-19-6-3-12(4-7-19)17(21)22)18-5-8-23-13-1-2-14-15(9-13)25-11-24-14;/h1-2,9,12H,3-8,10-11H2,(H,18,20)(H,21,22);1H. The molecule has 8 nitrogen and oxygen atoms in total. The lowest BCUT2D eigenvalue weighted by atomic mass is 9.97. The van der Waals surface area contributed by atoms with Crippen LogP contribution in [0.15, 0.2) is 18.2 Å². The van der Waals surface area contributed by atoms with Crippen molar-refractivity contribution in [3.8, 4) is 17.2 Å². The number of piperidine rings is 1. The molecule has 26 heavy (non-hydrogen) atoms. The summed E-state index contributed by atoms with van der Waals surface area (Å²) in [5.74, 6) is 0.912. The van der Waals surface area contributed by atoms with Gasteiger partial charge in [-0.2, -0.15) is 0 Å². The van der Waals surface area contributed by atoms with Crippen LogP contribution in [0.1, 0.15) is 12.8 Å². The number of likely N-dealkylation sites (tertiary alicyclic amines) is 1. The molecule has 1 amide bonds. The Hall–Kier alpha value is -2.19. The highest BCUT2D eigenvalue weighted by atomic mass is 35.5. The van der Waals surface area contributed by atoms with E-state index in [2.05, 4.69) is 5.32 Å². The Balaban J connectivity index is 0.00000243. The SMILES string of the molecule is Cl.O=C(CN1CCC(C(=O)O)CC1)NCCOc1ccc2c(c1)OCO2. The summed E-state index contributed by atoms with van der Waals surface area (Å²) < 4.78 is 16.1. The fourth-order valence-electron chi connectivity index (χ4n) is 2.92. The van der Waals surface area contributed by atoms with Gasteiger partial charge in [0.2, 0.25) is 12.7 Å². The first-order chi connectivity index (χ1) is 12.1. The third-order valence-corrected chi connectivity index (χ3v) is 4.34. The lowest BCUT2D eigenvalue weighted by Crippen LogP contribution is -2.43. The van der Waals surface area contributed by atoms with Crippen molar-refractivity contribution in [1.82, 2.24) is 10.2 Å². The molecule has 9 heteroatoms. The predicted molar refractivity (Wildman–Crippen MR) is 95.1 cm³/mol. The molecule has 0 saturated carbocycles. The molecule has 0 bridgehead atoms. The third kappa shape index (κ3) is 5.40. The fourth-order valence-corrected chi connectivity index (χ4v) is 2.92. The zero-order chi connectivity index (χ0) is 17.6. The monoisotopic (exact) mass is 386 g/mol. The van der Waals surface area contributed by atoms with Gasteiger partial charge in [0.1, 0.15) is 12.4 Å². The molecular formula is C17H23ClN2O6. The molecule has 0 spiro atoms. The molecule has 0 aromatic heterocycles. The number of halogens is 1. The Morgan fingerprint density at radius 2 is 1.96 bits per heavy atom. The van der Waals surface area contributed by atoms with Crippen LogP contribution in [0, 0.1) is 5.92 Å². The number of rotatable bonds is 7. The summed E-state index contributed by atoms with van der Waals surface area (Å²) in [7, 11) is 0. The number of nitrogens with one attached hydrogen (secondary N) is 1. The van der Waals surface area contributed by atoms with Crippen molar-refractivity contribution in [2.75, 3.05) is 39.6 Å². The average molecular weight is 387 g/mol. The molecule has 2 aliphatic rings. The second-order valence-electron chi connectivity index (χ2n) is 6.10. The van der Waals surface area contributed by atoms with Gasteiger partial charge < -0.3 is 24.6 Å². The molecule has 2 aliphatic heterocycles. The van der Waals surface area contributed by atoms with Crippen LogP contribution in [0.2, 0.25) is 0 Å². The van der Waals surface area contributed by atoms with Gasteiger partial charge in [-0.3, -0.25) is 14.5 Å². The summed E-state index contributed by atoms with van der Waals surface area (Å²) in [5.41, 5.74) is 0. The number of amides is 1. The molecule has 0 aliphatic carbocycles. The molecule has 1 saturated heterocycles. The second kappa shape index (κ2) is 9.49. The molecule has 0 radical (unpaired) electrons. The molecule has 1 aromatic carbocycles. The summed E-state index contributed by atoms with van der Waals surface area (Å²) in [6, 6.07) is 5.34. The molecule has 0 atom stereocenters. The third-order valence-electron chi connectivity index (χ3n) is 4.34.